The summed E-state index contributed by atoms with van der Waals surface area (Å²) in [5, 5.41) is 9.00. The molecule has 0 unspecified atom stereocenters. The third-order valence-electron chi connectivity index (χ3n) is 2.24. The summed E-state index contributed by atoms with van der Waals surface area (Å²) in [5.41, 5.74) is 1.57. The molecule has 0 spiro atoms. The van der Waals surface area contributed by atoms with Crippen LogP contribution in [0.15, 0.2) is 30.3 Å². The summed E-state index contributed by atoms with van der Waals surface area (Å²) in [6, 6.07) is 9.51. The SMILES string of the molecule is Cc1c(C(=O)O)sc(=S)n1-c1ccccc1. The van der Waals surface area contributed by atoms with E-state index in [1.165, 1.54) is 0 Å². The first kappa shape index (κ1) is 11.0. The maximum Gasteiger partial charge on any atom is 0.347 e. The summed E-state index contributed by atoms with van der Waals surface area (Å²) in [5.74, 6) is -0.928. The zero-order chi connectivity index (χ0) is 11.7. The monoisotopic (exact) mass is 251 g/mol. The van der Waals surface area contributed by atoms with E-state index in [1.807, 2.05) is 30.3 Å². The number of hydrogen-bond acceptors (Lipinski definition) is 3. The van der Waals surface area contributed by atoms with Crippen LogP contribution in [0.4, 0.5) is 0 Å². The molecule has 0 fully saturated rings. The summed E-state index contributed by atoms with van der Waals surface area (Å²) in [6.45, 7) is 1.77. The van der Waals surface area contributed by atoms with Crippen molar-refractivity contribution in [3.63, 3.8) is 0 Å². The Balaban J connectivity index is 2.68. The molecule has 1 aromatic carbocycles. The van der Waals surface area contributed by atoms with Crippen molar-refractivity contribution in [1.29, 1.82) is 0 Å². The smallest absolute Gasteiger partial charge is 0.347 e. The second-order valence-electron chi connectivity index (χ2n) is 3.26. The lowest BCUT2D eigenvalue weighted by Gasteiger charge is -2.04. The van der Waals surface area contributed by atoms with Crippen LogP contribution in [0, 0.1) is 10.9 Å². The Kier molecular flexibility index (Phi) is 2.89. The molecule has 0 atom stereocenters. The van der Waals surface area contributed by atoms with Crippen molar-refractivity contribution >= 4 is 29.5 Å². The Labute approximate surface area is 102 Å². The van der Waals surface area contributed by atoms with E-state index in [0.717, 1.165) is 17.0 Å². The molecule has 5 heteroatoms. The van der Waals surface area contributed by atoms with Crippen molar-refractivity contribution in [1.82, 2.24) is 4.57 Å². The maximum absolute atomic E-state index is 11.0. The number of nitrogens with zero attached hydrogens (tertiary/aromatic N) is 1. The standard InChI is InChI=1S/C11H9NO2S2/c1-7-9(10(13)14)16-11(15)12(7)8-5-3-2-4-6-8/h2-6H,1H3,(H,13,14). The zero-order valence-electron chi connectivity index (χ0n) is 8.51. The lowest BCUT2D eigenvalue weighted by molar-refractivity contribution is 0.0701. The van der Waals surface area contributed by atoms with Gasteiger partial charge in [0.2, 0.25) is 0 Å². The van der Waals surface area contributed by atoms with Gasteiger partial charge in [-0.15, -0.1) is 0 Å². The Morgan fingerprint density at radius 2 is 2.00 bits per heavy atom. The van der Waals surface area contributed by atoms with Crippen LogP contribution in [0.2, 0.25) is 0 Å². The van der Waals surface area contributed by atoms with E-state index in [2.05, 4.69) is 0 Å². The highest BCUT2D eigenvalue weighted by atomic mass is 32.1. The number of carboxylic acids is 1. The third kappa shape index (κ3) is 1.79. The average Bonchev–Trinajstić information content (AvgIpc) is 2.56. The van der Waals surface area contributed by atoms with Gasteiger partial charge in [-0.1, -0.05) is 29.5 Å². The van der Waals surface area contributed by atoms with Gasteiger partial charge in [0.15, 0.2) is 3.95 Å². The molecule has 1 aromatic heterocycles. The number of carbonyl (C=O) groups is 1. The van der Waals surface area contributed by atoms with Crippen LogP contribution in [-0.2, 0) is 0 Å². The molecule has 0 radical (unpaired) electrons. The van der Waals surface area contributed by atoms with Gasteiger partial charge < -0.3 is 5.11 Å². The van der Waals surface area contributed by atoms with Crippen LogP contribution in [0.5, 0.6) is 0 Å². The first-order valence-corrected chi connectivity index (χ1v) is 5.85. The molecule has 0 aliphatic heterocycles. The van der Waals surface area contributed by atoms with Crippen molar-refractivity contribution in [2.24, 2.45) is 0 Å². The first-order valence-electron chi connectivity index (χ1n) is 4.62. The molecule has 3 nitrogen and oxygen atoms in total. The summed E-state index contributed by atoms with van der Waals surface area (Å²) < 4.78 is 2.34. The molecule has 0 amide bonds. The minimum absolute atomic E-state index is 0.300. The van der Waals surface area contributed by atoms with Crippen molar-refractivity contribution in [3.8, 4) is 5.69 Å². The van der Waals surface area contributed by atoms with Gasteiger partial charge in [-0.2, -0.15) is 0 Å². The summed E-state index contributed by atoms with van der Waals surface area (Å²) in [7, 11) is 0. The van der Waals surface area contributed by atoms with Gasteiger partial charge in [0.1, 0.15) is 4.88 Å². The second-order valence-corrected chi connectivity index (χ2v) is 4.90. The Bertz CT molecular complexity index is 584. The van der Waals surface area contributed by atoms with Crippen molar-refractivity contribution < 1.29 is 9.90 Å². The van der Waals surface area contributed by atoms with E-state index in [1.54, 1.807) is 11.5 Å². The van der Waals surface area contributed by atoms with Crippen LogP contribution in [0.25, 0.3) is 5.69 Å². The van der Waals surface area contributed by atoms with Gasteiger partial charge in [0, 0.05) is 11.4 Å². The molecule has 0 saturated carbocycles. The highest BCUT2D eigenvalue weighted by molar-refractivity contribution is 7.73. The number of carboxylic acid groups (broad SMARTS) is 1. The second kappa shape index (κ2) is 4.19. The Morgan fingerprint density at radius 1 is 1.38 bits per heavy atom. The summed E-state index contributed by atoms with van der Waals surface area (Å²) in [6.07, 6.45) is 0. The fraction of sp³-hybridized carbons (Fsp3) is 0.0909. The fourth-order valence-corrected chi connectivity index (χ4v) is 2.85. The number of thiazole rings is 1. The highest BCUT2D eigenvalue weighted by Gasteiger charge is 2.15. The van der Waals surface area contributed by atoms with Crippen LogP contribution >= 0.6 is 23.6 Å². The summed E-state index contributed by atoms with van der Waals surface area (Å²) >= 11 is 6.30. The molecule has 2 rings (SSSR count). The molecule has 0 bridgehead atoms. The maximum atomic E-state index is 11.0. The molecular formula is C11H9NO2S2. The molecule has 0 aliphatic carbocycles. The van der Waals surface area contributed by atoms with Gasteiger partial charge in [-0.3, -0.25) is 4.57 Å². The predicted molar refractivity (Wildman–Crippen MR) is 66.2 cm³/mol. The number of rotatable bonds is 2. The molecule has 1 heterocycles. The van der Waals surface area contributed by atoms with Crippen LogP contribution in [0.1, 0.15) is 15.4 Å². The van der Waals surface area contributed by atoms with Crippen molar-refractivity contribution in [3.05, 3.63) is 44.9 Å². The van der Waals surface area contributed by atoms with Crippen LogP contribution in [0.3, 0.4) is 0 Å². The topological polar surface area (TPSA) is 42.2 Å². The van der Waals surface area contributed by atoms with Crippen LogP contribution < -0.4 is 0 Å². The Morgan fingerprint density at radius 3 is 2.50 bits per heavy atom. The minimum Gasteiger partial charge on any atom is -0.477 e. The molecule has 1 N–H and O–H groups in total. The van der Waals surface area contributed by atoms with Crippen molar-refractivity contribution in [2.45, 2.75) is 6.92 Å². The molecule has 0 saturated heterocycles. The van der Waals surface area contributed by atoms with Crippen LogP contribution in [-0.4, -0.2) is 15.6 Å². The number of aromatic nitrogens is 1. The largest absolute Gasteiger partial charge is 0.477 e. The molecule has 2 aromatic rings. The molecule has 82 valence electrons. The first-order chi connectivity index (χ1) is 7.61. The minimum atomic E-state index is -0.928. The number of para-hydroxylation sites is 1. The average molecular weight is 251 g/mol. The molecule has 0 aliphatic rings. The van der Waals surface area contributed by atoms with Gasteiger partial charge in [-0.25, -0.2) is 4.79 Å². The van der Waals surface area contributed by atoms with Gasteiger partial charge in [0.25, 0.3) is 0 Å². The quantitative estimate of drug-likeness (QED) is 0.833. The lowest BCUT2D eigenvalue weighted by Crippen LogP contribution is -2.01. The van der Waals surface area contributed by atoms with E-state index in [-0.39, 0.29) is 0 Å². The van der Waals surface area contributed by atoms with E-state index in [0.29, 0.717) is 14.5 Å². The van der Waals surface area contributed by atoms with Gasteiger partial charge >= 0.3 is 5.97 Å². The van der Waals surface area contributed by atoms with Gasteiger partial charge in [-0.05, 0) is 31.3 Å². The molecular weight excluding hydrogens is 242 g/mol. The summed E-state index contributed by atoms with van der Waals surface area (Å²) in [4.78, 5) is 11.3. The van der Waals surface area contributed by atoms with E-state index in [9.17, 15) is 4.79 Å². The number of aromatic carboxylic acids is 1. The lowest BCUT2D eigenvalue weighted by atomic mass is 10.3. The van der Waals surface area contributed by atoms with E-state index < -0.39 is 5.97 Å². The van der Waals surface area contributed by atoms with Gasteiger partial charge in [0.05, 0.1) is 0 Å². The fourth-order valence-electron chi connectivity index (χ4n) is 1.52. The molecule has 16 heavy (non-hydrogen) atoms. The number of hydrogen-bond donors (Lipinski definition) is 1. The number of benzene rings is 1. The predicted octanol–water partition coefficient (Wildman–Crippen LogP) is 3.27. The highest BCUT2D eigenvalue weighted by Crippen LogP contribution is 2.22. The Hall–Kier alpha value is -1.46. The normalized spacial score (nSPS) is 10.3. The van der Waals surface area contributed by atoms with Crippen molar-refractivity contribution in [2.75, 3.05) is 0 Å². The van der Waals surface area contributed by atoms with E-state index >= 15 is 0 Å². The van der Waals surface area contributed by atoms with E-state index in [4.69, 9.17) is 17.3 Å². The zero-order valence-corrected chi connectivity index (χ0v) is 10.1. The third-order valence-corrected chi connectivity index (χ3v) is 3.71.